The summed E-state index contributed by atoms with van der Waals surface area (Å²) in [6, 6.07) is 7.62. The van der Waals surface area contributed by atoms with Crippen LogP contribution in [-0.2, 0) is 0 Å². The number of methoxy groups -OCH3 is 1. The molecule has 0 fully saturated rings. The van der Waals surface area contributed by atoms with Crippen molar-refractivity contribution in [1.82, 2.24) is 9.97 Å². The fourth-order valence-electron chi connectivity index (χ4n) is 1.68. The van der Waals surface area contributed by atoms with Crippen molar-refractivity contribution in [1.29, 1.82) is 0 Å². The Hall–Kier alpha value is -1.65. The quantitative estimate of drug-likeness (QED) is 0.709. The summed E-state index contributed by atoms with van der Waals surface area (Å²) in [6.45, 7) is 0. The topological polar surface area (TPSA) is 35.0 Å². The van der Waals surface area contributed by atoms with Crippen LogP contribution in [0.5, 0.6) is 5.75 Å². The first-order valence-corrected chi connectivity index (χ1v) is 6.52. The maximum atomic E-state index is 6.14. The molecule has 0 atom stereocenters. The molecular formula is C13H9ClN2OS. The number of nitrogens with zero attached hydrogens (tertiary/aromatic N) is 2. The summed E-state index contributed by atoms with van der Waals surface area (Å²) in [5.74, 6) is 0.746. The second kappa shape index (κ2) is 4.55. The normalized spacial score (nSPS) is 10.8. The molecule has 0 bridgehead atoms. The van der Waals surface area contributed by atoms with Crippen molar-refractivity contribution in [2.75, 3.05) is 7.11 Å². The van der Waals surface area contributed by atoms with Crippen molar-refractivity contribution in [2.45, 2.75) is 0 Å². The molecule has 0 aliphatic carbocycles. The summed E-state index contributed by atoms with van der Waals surface area (Å²) in [7, 11) is 1.62. The van der Waals surface area contributed by atoms with Crippen molar-refractivity contribution in [3.63, 3.8) is 0 Å². The molecule has 0 aliphatic rings. The number of aromatic nitrogens is 2. The first kappa shape index (κ1) is 11.4. The molecule has 3 rings (SSSR count). The maximum Gasteiger partial charge on any atom is 0.137 e. The van der Waals surface area contributed by atoms with Crippen LogP contribution in [0.4, 0.5) is 0 Å². The van der Waals surface area contributed by atoms with Gasteiger partial charge in [0.25, 0.3) is 0 Å². The van der Waals surface area contributed by atoms with Gasteiger partial charge in [0.1, 0.15) is 5.75 Å². The second-order valence-electron chi connectivity index (χ2n) is 3.70. The van der Waals surface area contributed by atoms with Gasteiger partial charge in [0.05, 0.1) is 39.1 Å². The number of fused-ring (bicyclic) bond motifs is 1. The zero-order chi connectivity index (χ0) is 12.5. The van der Waals surface area contributed by atoms with Crippen LogP contribution < -0.4 is 4.74 Å². The first-order valence-electron chi connectivity index (χ1n) is 5.32. The van der Waals surface area contributed by atoms with E-state index in [0.29, 0.717) is 0 Å². The molecule has 0 aliphatic heterocycles. The van der Waals surface area contributed by atoms with Crippen LogP contribution in [0.2, 0.25) is 5.02 Å². The maximum absolute atomic E-state index is 6.14. The summed E-state index contributed by atoms with van der Waals surface area (Å²) in [5, 5.41) is 0.727. The lowest BCUT2D eigenvalue weighted by atomic mass is 10.3. The third-order valence-corrected chi connectivity index (χ3v) is 4.20. The van der Waals surface area contributed by atoms with Gasteiger partial charge in [0.2, 0.25) is 0 Å². The van der Waals surface area contributed by atoms with Gasteiger partial charge in [0.15, 0.2) is 0 Å². The van der Waals surface area contributed by atoms with Gasteiger partial charge in [-0.05, 0) is 24.3 Å². The highest BCUT2D eigenvalue weighted by Crippen LogP contribution is 2.35. The lowest BCUT2D eigenvalue weighted by Gasteiger charge is -1.99. The largest absolute Gasteiger partial charge is 0.495 e. The number of ether oxygens (including phenoxy) is 1. The van der Waals surface area contributed by atoms with E-state index >= 15 is 0 Å². The molecule has 3 aromatic heterocycles. The Morgan fingerprint density at radius 3 is 2.78 bits per heavy atom. The van der Waals surface area contributed by atoms with Gasteiger partial charge in [-0.3, -0.25) is 9.97 Å². The van der Waals surface area contributed by atoms with Crippen LogP contribution in [0.25, 0.3) is 20.8 Å². The predicted octanol–water partition coefficient (Wildman–Crippen LogP) is 4.02. The fourth-order valence-corrected chi connectivity index (χ4v) is 2.95. The van der Waals surface area contributed by atoms with Gasteiger partial charge in [-0.15, -0.1) is 11.3 Å². The average molecular weight is 277 g/mol. The number of hydrogen-bond acceptors (Lipinski definition) is 4. The van der Waals surface area contributed by atoms with Gasteiger partial charge in [-0.2, -0.15) is 0 Å². The molecule has 18 heavy (non-hydrogen) atoms. The number of thiophene rings is 1. The van der Waals surface area contributed by atoms with Crippen LogP contribution in [-0.4, -0.2) is 17.1 Å². The van der Waals surface area contributed by atoms with Gasteiger partial charge in [0, 0.05) is 6.20 Å². The highest BCUT2D eigenvalue weighted by atomic mass is 35.5. The second-order valence-corrected chi connectivity index (χ2v) is 5.16. The van der Waals surface area contributed by atoms with Crippen LogP contribution in [0, 0.1) is 0 Å². The Morgan fingerprint density at radius 2 is 2.11 bits per heavy atom. The number of rotatable bonds is 2. The Kier molecular flexibility index (Phi) is 2.89. The van der Waals surface area contributed by atoms with Gasteiger partial charge < -0.3 is 4.74 Å². The summed E-state index contributed by atoms with van der Waals surface area (Å²) >= 11 is 7.73. The van der Waals surface area contributed by atoms with Crippen molar-refractivity contribution < 1.29 is 4.74 Å². The number of halogens is 1. The Morgan fingerprint density at radius 1 is 1.22 bits per heavy atom. The standard InChI is InChI=1S/C13H9ClN2OS/c1-17-8-2-3-10(16-7-8)12-6-11-13(18-12)9(14)4-5-15-11/h2-7H,1H3. The van der Waals surface area contributed by atoms with E-state index in [9.17, 15) is 0 Å². The van der Waals surface area contributed by atoms with E-state index in [1.54, 1.807) is 36.9 Å². The van der Waals surface area contributed by atoms with E-state index in [1.807, 2.05) is 18.2 Å². The zero-order valence-corrected chi connectivity index (χ0v) is 11.1. The SMILES string of the molecule is COc1ccc(-c2cc3nccc(Cl)c3s2)nc1. The molecule has 0 radical (unpaired) electrons. The molecule has 5 heteroatoms. The molecule has 0 saturated carbocycles. The Balaban J connectivity index is 2.10. The number of hydrogen-bond donors (Lipinski definition) is 0. The minimum atomic E-state index is 0.727. The summed E-state index contributed by atoms with van der Waals surface area (Å²) in [5.41, 5.74) is 1.80. The molecule has 3 nitrogen and oxygen atoms in total. The third kappa shape index (κ3) is 1.94. The Bertz CT molecular complexity index is 694. The molecule has 0 saturated heterocycles. The average Bonchev–Trinajstić information content (AvgIpc) is 2.84. The predicted molar refractivity (Wildman–Crippen MR) is 74.4 cm³/mol. The summed E-state index contributed by atoms with van der Waals surface area (Å²) in [6.07, 6.45) is 3.41. The van der Waals surface area contributed by atoms with Crippen molar-refractivity contribution >= 4 is 33.2 Å². The smallest absolute Gasteiger partial charge is 0.137 e. The molecule has 0 N–H and O–H groups in total. The Labute approximate surface area is 113 Å². The van der Waals surface area contributed by atoms with Crippen LogP contribution >= 0.6 is 22.9 Å². The van der Waals surface area contributed by atoms with E-state index in [1.165, 1.54) is 0 Å². The minimum absolute atomic E-state index is 0.727. The minimum Gasteiger partial charge on any atom is -0.495 e. The van der Waals surface area contributed by atoms with Crippen molar-refractivity contribution in [3.05, 3.63) is 41.7 Å². The summed E-state index contributed by atoms with van der Waals surface area (Å²) in [4.78, 5) is 9.70. The highest BCUT2D eigenvalue weighted by Gasteiger charge is 2.08. The van der Waals surface area contributed by atoms with Crippen LogP contribution in [0.3, 0.4) is 0 Å². The molecule has 3 aromatic rings. The fraction of sp³-hybridized carbons (Fsp3) is 0.0769. The first-order chi connectivity index (χ1) is 8.78. The summed E-state index contributed by atoms with van der Waals surface area (Å²) < 4.78 is 6.08. The molecular weight excluding hydrogens is 268 g/mol. The lowest BCUT2D eigenvalue weighted by molar-refractivity contribution is 0.413. The monoisotopic (exact) mass is 276 g/mol. The molecule has 3 heterocycles. The van der Waals surface area contributed by atoms with Crippen LogP contribution in [0.1, 0.15) is 0 Å². The van der Waals surface area contributed by atoms with E-state index in [4.69, 9.17) is 16.3 Å². The van der Waals surface area contributed by atoms with E-state index in [0.717, 1.165) is 31.6 Å². The molecule has 0 aromatic carbocycles. The highest BCUT2D eigenvalue weighted by molar-refractivity contribution is 7.22. The van der Waals surface area contributed by atoms with E-state index in [2.05, 4.69) is 9.97 Å². The van der Waals surface area contributed by atoms with Gasteiger partial charge in [-0.25, -0.2) is 0 Å². The van der Waals surface area contributed by atoms with Crippen molar-refractivity contribution in [3.8, 4) is 16.3 Å². The van der Waals surface area contributed by atoms with Crippen molar-refractivity contribution in [2.24, 2.45) is 0 Å². The van der Waals surface area contributed by atoms with Crippen LogP contribution in [0.15, 0.2) is 36.7 Å². The van der Waals surface area contributed by atoms with Gasteiger partial charge >= 0.3 is 0 Å². The third-order valence-electron chi connectivity index (χ3n) is 2.59. The zero-order valence-electron chi connectivity index (χ0n) is 9.55. The number of pyridine rings is 2. The molecule has 90 valence electrons. The molecule has 0 spiro atoms. The van der Waals surface area contributed by atoms with Gasteiger partial charge in [-0.1, -0.05) is 11.6 Å². The van der Waals surface area contributed by atoms with E-state index in [-0.39, 0.29) is 0 Å². The molecule has 0 unspecified atom stereocenters. The van der Waals surface area contributed by atoms with E-state index < -0.39 is 0 Å². The lowest BCUT2D eigenvalue weighted by Crippen LogP contribution is -1.84. The molecule has 0 amide bonds.